The number of rotatable bonds is 7. The molecule has 0 bridgehead atoms. The second-order valence-corrected chi connectivity index (χ2v) is 4.95. The quantitative estimate of drug-likeness (QED) is 0.786. The maximum absolute atomic E-state index is 11.1. The Balaban J connectivity index is 2.73. The molecule has 0 atom stereocenters. The number of hydrogen-bond acceptors (Lipinski definition) is 6. The van der Waals surface area contributed by atoms with Crippen LogP contribution in [-0.2, 0) is 4.79 Å². The van der Waals surface area contributed by atoms with Gasteiger partial charge in [0.25, 0.3) is 0 Å². The molecule has 1 aromatic rings. The topological polar surface area (TPSA) is 61.4 Å². The number of anilines is 2. The second-order valence-electron chi connectivity index (χ2n) is 4.95. The van der Waals surface area contributed by atoms with E-state index in [4.69, 9.17) is 0 Å². The molecule has 1 rings (SSSR count). The van der Waals surface area contributed by atoms with E-state index in [1.807, 2.05) is 39.0 Å². The molecule has 0 saturated heterocycles. The van der Waals surface area contributed by atoms with Crippen LogP contribution < -0.4 is 10.2 Å². The van der Waals surface area contributed by atoms with E-state index in [-0.39, 0.29) is 5.78 Å². The first-order chi connectivity index (χ1) is 8.88. The van der Waals surface area contributed by atoms with Crippen LogP contribution >= 0.6 is 0 Å². The van der Waals surface area contributed by atoms with E-state index in [1.54, 1.807) is 6.92 Å². The highest BCUT2D eigenvalue weighted by Gasteiger charge is 2.08. The van der Waals surface area contributed by atoms with Crippen LogP contribution in [-0.4, -0.2) is 61.4 Å². The van der Waals surface area contributed by atoms with Gasteiger partial charge < -0.3 is 15.1 Å². The molecule has 0 unspecified atom stereocenters. The molecule has 1 aromatic heterocycles. The van der Waals surface area contributed by atoms with Gasteiger partial charge in [-0.2, -0.15) is 0 Å². The maximum atomic E-state index is 11.1. The van der Waals surface area contributed by atoms with Gasteiger partial charge in [0.1, 0.15) is 23.2 Å². The SMILES string of the molecule is CC(=O)CN(C)c1cc(NCCN(C)C)nc(C)n1. The summed E-state index contributed by atoms with van der Waals surface area (Å²) in [5.41, 5.74) is 0. The molecule has 0 spiro atoms. The van der Waals surface area contributed by atoms with Gasteiger partial charge in [0.15, 0.2) is 0 Å². The fourth-order valence-electron chi connectivity index (χ4n) is 1.66. The van der Waals surface area contributed by atoms with Crippen molar-refractivity contribution < 1.29 is 4.79 Å². The first-order valence-corrected chi connectivity index (χ1v) is 6.33. The lowest BCUT2D eigenvalue weighted by atomic mass is 10.4. The smallest absolute Gasteiger partial charge is 0.149 e. The highest BCUT2D eigenvalue weighted by Crippen LogP contribution is 2.14. The third kappa shape index (κ3) is 5.65. The Bertz CT molecular complexity index is 433. The number of hydrogen-bond donors (Lipinski definition) is 1. The van der Waals surface area contributed by atoms with E-state index in [0.717, 1.165) is 24.7 Å². The molecule has 0 aliphatic carbocycles. The Labute approximate surface area is 114 Å². The summed E-state index contributed by atoms with van der Waals surface area (Å²) < 4.78 is 0. The van der Waals surface area contributed by atoms with E-state index >= 15 is 0 Å². The third-order valence-corrected chi connectivity index (χ3v) is 2.54. The Kier molecular flexibility index (Phi) is 5.69. The lowest BCUT2D eigenvalue weighted by molar-refractivity contribution is -0.115. The summed E-state index contributed by atoms with van der Waals surface area (Å²) in [6, 6.07) is 1.87. The molecule has 0 radical (unpaired) electrons. The van der Waals surface area contributed by atoms with Gasteiger partial charge in [-0.05, 0) is 27.9 Å². The van der Waals surface area contributed by atoms with Crippen molar-refractivity contribution in [2.75, 3.05) is 51.0 Å². The lowest BCUT2D eigenvalue weighted by Gasteiger charge is -2.18. The number of Topliss-reactive ketones (excluding diaryl/α,β-unsaturated/α-hetero) is 1. The van der Waals surface area contributed by atoms with Crippen LogP contribution in [0.3, 0.4) is 0 Å². The van der Waals surface area contributed by atoms with Gasteiger partial charge in [-0.3, -0.25) is 4.79 Å². The van der Waals surface area contributed by atoms with Gasteiger partial charge in [-0.15, -0.1) is 0 Å². The molecule has 0 aliphatic heterocycles. The molecular weight excluding hydrogens is 242 g/mol. The fraction of sp³-hybridized carbons (Fsp3) is 0.615. The molecule has 0 aliphatic rings. The normalized spacial score (nSPS) is 10.6. The van der Waals surface area contributed by atoms with Crippen molar-refractivity contribution in [3.05, 3.63) is 11.9 Å². The molecule has 1 N–H and O–H groups in total. The molecule has 6 nitrogen and oxygen atoms in total. The number of ketones is 1. The molecule has 106 valence electrons. The largest absolute Gasteiger partial charge is 0.369 e. The molecule has 0 amide bonds. The molecule has 1 heterocycles. The van der Waals surface area contributed by atoms with Crippen molar-refractivity contribution >= 4 is 17.4 Å². The average molecular weight is 265 g/mol. The summed E-state index contributed by atoms with van der Waals surface area (Å²) in [6.45, 7) is 5.53. The number of carbonyl (C=O) groups excluding carboxylic acids is 1. The number of likely N-dealkylation sites (N-methyl/N-ethyl adjacent to an activating group) is 2. The van der Waals surface area contributed by atoms with Crippen LogP contribution in [0.2, 0.25) is 0 Å². The second kappa shape index (κ2) is 7.04. The highest BCUT2D eigenvalue weighted by atomic mass is 16.1. The molecule has 0 aromatic carbocycles. The Morgan fingerprint density at radius 2 is 2.00 bits per heavy atom. The number of aryl methyl sites for hydroxylation is 1. The van der Waals surface area contributed by atoms with Crippen molar-refractivity contribution in [3.8, 4) is 0 Å². The highest BCUT2D eigenvalue weighted by molar-refractivity contribution is 5.80. The van der Waals surface area contributed by atoms with Crippen molar-refractivity contribution in [2.45, 2.75) is 13.8 Å². The van der Waals surface area contributed by atoms with E-state index in [1.165, 1.54) is 0 Å². The zero-order valence-corrected chi connectivity index (χ0v) is 12.4. The predicted molar refractivity (Wildman–Crippen MR) is 77.8 cm³/mol. The van der Waals surface area contributed by atoms with Gasteiger partial charge in [-0.25, -0.2) is 9.97 Å². The van der Waals surface area contributed by atoms with Crippen molar-refractivity contribution in [1.82, 2.24) is 14.9 Å². The first-order valence-electron chi connectivity index (χ1n) is 6.33. The van der Waals surface area contributed by atoms with E-state index in [9.17, 15) is 4.79 Å². The van der Waals surface area contributed by atoms with Crippen LogP contribution in [0.4, 0.5) is 11.6 Å². The first kappa shape index (κ1) is 15.4. The van der Waals surface area contributed by atoms with Gasteiger partial charge in [-0.1, -0.05) is 0 Å². The number of aromatic nitrogens is 2. The van der Waals surface area contributed by atoms with Crippen LogP contribution in [0.5, 0.6) is 0 Å². The summed E-state index contributed by atoms with van der Waals surface area (Å²) in [7, 11) is 5.91. The maximum Gasteiger partial charge on any atom is 0.149 e. The minimum atomic E-state index is 0.112. The molecule has 0 saturated carbocycles. The molecule has 19 heavy (non-hydrogen) atoms. The van der Waals surface area contributed by atoms with Crippen molar-refractivity contribution in [1.29, 1.82) is 0 Å². The van der Waals surface area contributed by atoms with Gasteiger partial charge >= 0.3 is 0 Å². The van der Waals surface area contributed by atoms with Crippen LogP contribution in [0, 0.1) is 6.92 Å². The zero-order valence-electron chi connectivity index (χ0n) is 12.4. The summed E-state index contributed by atoms with van der Waals surface area (Å²) >= 11 is 0. The van der Waals surface area contributed by atoms with E-state index in [2.05, 4.69) is 20.2 Å². The van der Waals surface area contributed by atoms with Crippen LogP contribution in [0.1, 0.15) is 12.7 Å². The fourth-order valence-corrected chi connectivity index (χ4v) is 1.66. The standard InChI is InChI=1S/C13H23N5O/c1-10(19)9-18(5)13-8-12(15-11(2)16-13)14-6-7-17(3)4/h8H,6-7,9H2,1-5H3,(H,14,15,16). The summed E-state index contributed by atoms with van der Waals surface area (Å²) in [5.74, 6) is 2.36. The molecular formula is C13H23N5O. The van der Waals surface area contributed by atoms with Gasteiger partial charge in [0.2, 0.25) is 0 Å². The number of carbonyl (C=O) groups is 1. The average Bonchev–Trinajstić information content (AvgIpc) is 2.26. The summed E-state index contributed by atoms with van der Waals surface area (Å²) in [5, 5.41) is 3.26. The van der Waals surface area contributed by atoms with Gasteiger partial charge in [0, 0.05) is 26.2 Å². The van der Waals surface area contributed by atoms with Crippen LogP contribution in [0.15, 0.2) is 6.07 Å². The minimum Gasteiger partial charge on any atom is -0.369 e. The predicted octanol–water partition coefficient (Wildman–Crippen LogP) is 0.784. The van der Waals surface area contributed by atoms with Crippen molar-refractivity contribution in [2.24, 2.45) is 0 Å². The van der Waals surface area contributed by atoms with Gasteiger partial charge in [0.05, 0.1) is 6.54 Å². The Morgan fingerprint density at radius 3 is 2.58 bits per heavy atom. The number of nitrogens with zero attached hydrogens (tertiary/aromatic N) is 4. The zero-order chi connectivity index (χ0) is 14.4. The van der Waals surface area contributed by atoms with Crippen LogP contribution in [0.25, 0.3) is 0 Å². The van der Waals surface area contributed by atoms with Crippen molar-refractivity contribution in [3.63, 3.8) is 0 Å². The Morgan fingerprint density at radius 1 is 1.32 bits per heavy atom. The summed E-state index contributed by atoms with van der Waals surface area (Å²) in [4.78, 5) is 23.7. The Hall–Kier alpha value is -1.69. The molecule has 6 heteroatoms. The van der Waals surface area contributed by atoms with E-state index in [0.29, 0.717) is 12.4 Å². The number of nitrogens with one attached hydrogen (secondary N) is 1. The summed E-state index contributed by atoms with van der Waals surface area (Å²) in [6.07, 6.45) is 0. The third-order valence-electron chi connectivity index (χ3n) is 2.54. The lowest BCUT2D eigenvalue weighted by Crippen LogP contribution is -2.25. The monoisotopic (exact) mass is 265 g/mol. The van der Waals surface area contributed by atoms with E-state index < -0.39 is 0 Å². The molecule has 0 fully saturated rings. The minimum absolute atomic E-state index is 0.112.